The number of rotatable bonds is 2. The lowest BCUT2D eigenvalue weighted by Crippen LogP contribution is -2.24. The van der Waals surface area contributed by atoms with Gasteiger partial charge in [-0.25, -0.2) is 13.2 Å². The van der Waals surface area contributed by atoms with E-state index >= 15 is 0 Å². The molecule has 1 saturated heterocycles. The quantitative estimate of drug-likeness (QED) is 0.639. The summed E-state index contributed by atoms with van der Waals surface area (Å²) in [5, 5.41) is -0.0577. The molecule has 1 aromatic rings. The van der Waals surface area contributed by atoms with E-state index in [0.29, 0.717) is 13.0 Å². The molecule has 0 aliphatic carbocycles. The van der Waals surface area contributed by atoms with Crippen molar-refractivity contribution in [3.05, 3.63) is 35.1 Å². The molecule has 1 unspecified atom stereocenters. The number of hydrogen-bond acceptors (Lipinski definition) is 2. The number of nitrogens with zero attached hydrogens (tertiary/aromatic N) is 1. The maximum Gasteiger partial charge on any atom is 0.224 e. The van der Waals surface area contributed by atoms with Crippen molar-refractivity contribution < 1.29 is 18.0 Å². The molecule has 2 rings (SSSR count). The maximum atomic E-state index is 13.0. The monoisotopic (exact) mass is 261 g/mol. The van der Waals surface area contributed by atoms with Crippen molar-refractivity contribution in [3.63, 3.8) is 0 Å². The average Bonchev–Trinajstić information content (AvgIpc) is 2.54. The summed E-state index contributed by atoms with van der Waals surface area (Å²) in [5.41, 5.74) is 0.234. The van der Waals surface area contributed by atoms with E-state index in [1.54, 1.807) is 0 Å². The van der Waals surface area contributed by atoms with Gasteiger partial charge >= 0.3 is 0 Å². The van der Waals surface area contributed by atoms with Gasteiger partial charge in [-0.15, -0.1) is 0 Å². The lowest BCUT2D eigenvalue weighted by Gasteiger charge is -2.16. The maximum absolute atomic E-state index is 13.0. The van der Waals surface area contributed by atoms with Crippen molar-refractivity contribution in [2.75, 3.05) is 6.54 Å². The van der Waals surface area contributed by atoms with Crippen LogP contribution in [0.5, 0.6) is 0 Å². The first-order valence-electron chi connectivity index (χ1n) is 5.06. The van der Waals surface area contributed by atoms with E-state index in [-0.39, 0.29) is 23.3 Å². The molecule has 0 saturated carbocycles. The van der Waals surface area contributed by atoms with Crippen molar-refractivity contribution in [1.29, 1.82) is 0 Å². The van der Waals surface area contributed by atoms with Crippen LogP contribution < -0.4 is 0 Å². The molecule has 1 amide bonds. The Morgan fingerprint density at radius 2 is 1.88 bits per heavy atom. The Hall–Kier alpha value is -1.17. The summed E-state index contributed by atoms with van der Waals surface area (Å²) in [7, 11) is 0. The summed E-state index contributed by atoms with van der Waals surface area (Å²) in [5.74, 6) is -4.09. The normalized spacial score (nSPS) is 20.1. The van der Waals surface area contributed by atoms with E-state index in [1.807, 2.05) is 0 Å². The molecule has 17 heavy (non-hydrogen) atoms. The third-order valence-electron chi connectivity index (χ3n) is 2.61. The SMILES string of the molecule is O=C1CC(S)CN1Cc1cc(F)c(F)c(F)c1. The molecule has 0 spiro atoms. The van der Waals surface area contributed by atoms with Crippen LogP contribution in [0.2, 0.25) is 0 Å². The average molecular weight is 261 g/mol. The van der Waals surface area contributed by atoms with E-state index in [1.165, 1.54) is 4.90 Å². The van der Waals surface area contributed by atoms with Crippen molar-refractivity contribution in [2.45, 2.75) is 18.2 Å². The highest BCUT2D eigenvalue weighted by Crippen LogP contribution is 2.20. The minimum Gasteiger partial charge on any atom is -0.337 e. The molecule has 1 fully saturated rings. The summed E-state index contributed by atoms with van der Waals surface area (Å²) in [4.78, 5) is 12.9. The van der Waals surface area contributed by atoms with Crippen LogP contribution in [0.1, 0.15) is 12.0 Å². The third-order valence-corrected chi connectivity index (χ3v) is 2.96. The van der Waals surface area contributed by atoms with Crippen LogP contribution in [0.25, 0.3) is 0 Å². The van der Waals surface area contributed by atoms with Crippen molar-refractivity contribution in [2.24, 2.45) is 0 Å². The fourth-order valence-electron chi connectivity index (χ4n) is 1.82. The number of amides is 1. The fraction of sp³-hybridized carbons (Fsp3) is 0.364. The van der Waals surface area contributed by atoms with Gasteiger partial charge in [0, 0.05) is 24.8 Å². The van der Waals surface area contributed by atoms with Crippen LogP contribution >= 0.6 is 12.6 Å². The second kappa shape index (κ2) is 4.60. The molecule has 1 aliphatic heterocycles. The number of benzene rings is 1. The van der Waals surface area contributed by atoms with E-state index in [0.717, 1.165) is 12.1 Å². The Bertz CT molecular complexity index is 443. The number of likely N-dealkylation sites (tertiary alicyclic amines) is 1. The van der Waals surface area contributed by atoms with Crippen LogP contribution in [-0.4, -0.2) is 22.6 Å². The zero-order chi connectivity index (χ0) is 12.6. The summed E-state index contributed by atoms with van der Waals surface area (Å²) >= 11 is 4.16. The first-order valence-corrected chi connectivity index (χ1v) is 5.58. The number of carbonyl (C=O) groups excluding carboxylic acids is 1. The second-order valence-electron chi connectivity index (χ2n) is 4.01. The van der Waals surface area contributed by atoms with Gasteiger partial charge in [0.15, 0.2) is 17.5 Å². The summed E-state index contributed by atoms with van der Waals surface area (Å²) < 4.78 is 38.6. The summed E-state index contributed by atoms with van der Waals surface area (Å²) in [6.07, 6.45) is 0.315. The van der Waals surface area contributed by atoms with Gasteiger partial charge in [-0.3, -0.25) is 4.79 Å². The van der Waals surface area contributed by atoms with Crippen molar-refractivity contribution in [1.82, 2.24) is 4.90 Å². The predicted octanol–water partition coefficient (Wildman–Crippen LogP) is 2.13. The first-order chi connectivity index (χ1) is 7.97. The smallest absolute Gasteiger partial charge is 0.224 e. The molecule has 2 nitrogen and oxygen atoms in total. The Morgan fingerprint density at radius 1 is 1.29 bits per heavy atom. The Kier molecular flexibility index (Phi) is 3.33. The van der Waals surface area contributed by atoms with Crippen LogP contribution in [0.3, 0.4) is 0 Å². The highest BCUT2D eigenvalue weighted by Gasteiger charge is 2.27. The lowest BCUT2D eigenvalue weighted by molar-refractivity contribution is -0.128. The number of carbonyl (C=O) groups is 1. The van der Waals surface area contributed by atoms with Gasteiger partial charge in [-0.2, -0.15) is 12.6 Å². The molecule has 1 heterocycles. The van der Waals surface area contributed by atoms with Crippen molar-refractivity contribution >= 4 is 18.5 Å². The molecule has 0 bridgehead atoms. The van der Waals surface area contributed by atoms with Gasteiger partial charge in [0.25, 0.3) is 0 Å². The number of thiol groups is 1. The highest BCUT2D eigenvalue weighted by atomic mass is 32.1. The Morgan fingerprint density at radius 3 is 2.35 bits per heavy atom. The first kappa shape index (κ1) is 12.3. The van der Waals surface area contributed by atoms with E-state index in [4.69, 9.17) is 0 Å². The Balaban J connectivity index is 2.17. The zero-order valence-corrected chi connectivity index (χ0v) is 9.68. The molecule has 6 heteroatoms. The lowest BCUT2D eigenvalue weighted by atomic mass is 10.2. The highest BCUT2D eigenvalue weighted by molar-refractivity contribution is 7.81. The van der Waals surface area contributed by atoms with Gasteiger partial charge in [-0.05, 0) is 17.7 Å². The summed E-state index contributed by atoms with van der Waals surface area (Å²) in [6, 6.07) is 1.80. The molecule has 1 atom stereocenters. The van der Waals surface area contributed by atoms with Crippen molar-refractivity contribution in [3.8, 4) is 0 Å². The van der Waals surface area contributed by atoms with Gasteiger partial charge in [0.2, 0.25) is 5.91 Å². The molecule has 0 radical (unpaired) electrons. The molecular formula is C11H10F3NOS. The Labute approximate surface area is 102 Å². The minimum atomic E-state index is -1.49. The molecule has 92 valence electrons. The zero-order valence-electron chi connectivity index (χ0n) is 8.79. The van der Waals surface area contributed by atoms with Gasteiger partial charge in [0.05, 0.1) is 0 Å². The third kappa shape index (κ3) is 2.57. The van der Waals surface area contributed by atoms with Crippen LogP contribution in [0.15, 0.2) is 12.1 Å². The predicted molar refractivity (Wildman–Crippen MR) is 59.1 cm³/mol. The van der Waals surface area contributed by atoms with Gasteiger partial charge in [-0.1, -0.05) is 0 Å². The van der Waals surface area contributed by atoms with Crippen LogP contribution in [0, 0.1) is 17.5 Å². The van der Waals surface area contributed by atoms with E-state index in [2.05, 4.69) is 12.6 Å². The topological polar surface area (TPSA) is 20.3 Å². The fourth-order valence-corrected chi connectivity index (χ4v) is 2.18. The second-order valence-corrected chi connectivity index (χ2v) is 4.74. The molecule has 0 aromatic heterocycles. The molecule has 0 N–H and O–H groups in total. The number of halogens is 3. The van der Waals surface area contributed by atoms with Gasteiger partial charge < -0.3 is 4.90 Å². The molecular weight excluding hydrogens is 251 g/mol. The van der Waals surface area contributed by atoms with E-state index in [9.17, 15) is 18.0 Å². The van der Waals surface area contributed by atoms with Gasteiger partial charge in [0.1, 0.15) is 0 Å². The summed E-state index contributed by atoms with van der Waals surface area (Å²) in [6.45, 7) is 0.507. The van der Waals surface area contributed by atoms with Crippen LogP contribution in [-0.2, 0) is 11.3 Å². The largest absolute Gasteiger partial charge is 0.337 e. The molecule has 1 aliphatic rings. The molecule has 1 aromatic carbocycles. The minimum absolute atomic E-state index is 0.0577. The standard InChI is InChI=1S/C11H10F3NOS/c12-8-1-6(2-9(13)11(8)14)4-15-5-7(17)3-10(15)16/h1-2,7,17H,3-5H2. The van der Waals surface area contributed by atoms with Crippen LogP contribution in [0.4, 0.5) is 13.2 Å². The number of hydrogen-bond donors (Lipinski definition) is 1. The van der Waals surface area contributed by atoms with E-state index < -0.39 is 17.5 Å².